The zero-order valence-electron chi connectivity index (χ0n) is 25.8. The van der Waals surface area contributed by atoms with E-state index in [1.54, 1.807) is 0 Å². The van der Waals surface area contributed by atoms with E-state index >= 15 is 0 Å². The summed E-state index contributed by atoms with van der Waals surface area (Å²) in [5.41, 5.74) is 0. The number of benzene rings is 6. The maximum atomic E-state index is 13.2. The first kappa shape index (κ1) is 31.4. The Bertz CT molecular complexity index is 1460. The molecule has 0 N–H and O–H groups in total. The highest BCUT2D eigenvalue weighted by Crippen LogP contribution is 2.56. The summed E-state index contributed by atoms with van der Waals surface area (Å²) in [7, 11) is -4.22. The van der Waals surface area contributed by atoms with Crippen LogP contribution in [0.2, 0.25) is 0 Å². The fraction of sp³-hybridized carbons (Fsp3) is 0.0976. The highest BCUT2D eigenvalue weighted by atomic mass is 31.2. The van der Waals surface area contributed by atoms with Crippen molar-refractivity contribution in [3.05, 3.63) is 182 Å². The molecule has 46 heavy (non-hydrogen) atoms. The molecule has 0 saturated carbocycles. The standard InChI is InChI=1S/C41H38O3P2/c42-41(43-31-33-45(35-19-7-1-8-20-35,36-21-9-2-10-22-36)37-23-11-3-12-24-37)44-32-34-46(38-25-13-4-14-26-38,39-27-15-5-16-28-39)40-29-17-6-18-30-40/h1-30H,31-34H2/q+2. The molecule has 0 spiro atoms. The van der Waals surface area contributed by atoms with Crippen LogP contribution in [-0.2, 0) is 9.47 Å². The van der Waals surface area contributed by atoms with Crippen molar-refractivity contribution in [2.45, 2.75) is 0 Å². The lowest BCUT2D eigenvalue weighted by molar-refractivity contribution is 0.0642. The molecule has 6 rings (SSSR count). The van der Waals surface area contributed by atoms with Crippen LogP contribution in [0.15, 0.2) is 182 Å². The first-order chi connectivity index (χ1) is 22.7. The molecule has 0 unspecified atom stereocenters. The predicted octanol–water partition coefficient (Wildman–Crippen LogP) is 7.13. The van der Waals surface area contributed by atoms with Crippen molar-refractivity contribution >= 4 is 52.5 Å². The molecule has 5 heteroatoms. The predicted molar refractivity (Wildman–Crippen MR) is 197 cm³/mol. The van der Waals surface area contributed by atoms with E-state index in [1.165, 1.54) is 31.8 Å². The molecular weight excluding hydrogens is 602 g/mol. The molecule has 0 aromatic heterocycles. The van der Waals surface area contributed by atoms with Gasteiger partial charge in [0.2, 0.25) is 0 Å². The van der Waals surface area contributed by atoms with Crippen molar-refractivity contribution in [1.82, 2.24) is 0 Å². The van der Waals surface area contributed by atoms with Gasteiger partial charge in [-0.2, -0.15) is 0 Å². The summed E-state index contributed by atoms with van der Waals surface area (Å²) in [6, 6.07) is 63.8. The molecule has 0 atom stereocenters. The Balaban J connectivity index is 1.23. The van der Waals surface area contributed by atoms with Gasteiger partial charge in [0.25, 0.3) is 0 Å². The van der Waals surface area contributed by atoms with Crippen LogP contribution in [0.1, 0.15) is 0 Å². The summed E-state index contributed by atoms with van der Waals surface area (Å²) in [4.78, 5) is 13.2. The second-order valence-electron chi connectivity index (χ2n) is 11.0. The molecule has 0 fully saturated rings. The molecule has 0 radical (unpaired) electrons. The number of rotatable bonds is 12. The highest BCUT2D eigenvalue weighted by Gasteiger charge is 2.46. The van der Waals surface area contributed by atoms with Crippen LogP contribution in [0, 0.1) is 0 Å². The van der Waals surface area contributed by atoms with Crippen LogP contribution in [0.25, 0.3) is 0 Å². The van der Waals surface area contributed by atoms with E-state index in [-0.39, 0.29) is 13.2 Å². The first-order valence-corrected chi connectivity index (χ1v) is 19.6. The number of hydrogen-bond donors (Lipinski definition) is 0. The molecule has 0 heterocycles. The highest BCUT2D eigenvalue weighted by molar-refractivity contribution is 7.96. The molecule has 3 nitrogen and oxygen atoms in total. The molecule has 6 aromatic rings. The summed E-state index contributed by atoms with van der Waals surface area (Å²) in [5, 5.41) is 7.54. The van der Waals surface area contributed by atoms with E-state index in [4.69, 9.17) is 9.47 Å². The molecule has 0 aliphatic heterocycles. The van der Waals surface area contributed by atoms with E-state index < -0.39 is 20.7 Å². The minimum atomic E-state index is -2.11. The summed E-state index contributed by atoms with van der Waals surface area (Å²) < 4.78 is 11.7. The average molecular weight is 641 g/mol. The van der Waals surface area contributed by atoms with Crippen LogP contribution >= 0.6 is 14.5 Å². The Morgan fingerprint density at radius 1 is 0.348 bits per heavy atom. The molecule has 228 valence electrons. The first-order valence-electron chi connectivity index (χ1n) is 15.6. The lowest BCUT2D eigenvalue weighted by atomic mass is 10.4. The summed E-state index contributed by atoms with van der Waals surface area (Å²) in [5.74, 6) is 0. The van der Waals surface area contributed by atoms with Gasteiger partial charge < -0.3 is 9.47 Å². The topological polar surface area (TPSA) is 35.5 Å². The Hall–Kier alpha value is -4.55. The van der Waals surface area contributed by atoms with Crippen LogP contribution in [0.4, 0.5) is 4.79 Å². The van der Waals surface area contributed by atoms with Gasteiger partial charge in [0, 0.05) is 0 Å². The van der Waals surface area contributed by atoms with E-state index in [0.29, 0.717) is 12.3 Å². The van der Waals surface area contributed by atoms with E-state index in [9.17, 15) is 4.79 Å². The smallest absolute Gasteiger partial charge is 0.430 e. The van der Waals surface area contributed by atoms with Crippen LogP contribution in [0.3, 0.4) is 0 Å². The zero-order chi connectivity index (χ0) is 31.5. The Morgan fingerprint density at radius 2 is 0.543 bits per heavy atom. The summed E-state index contributed by atoms with van der Waals surface area (Å²) >= 11 is 0. The van der Waals surface area contributed by atoms with Gasteiger partial charge in [0.1, 0.15) is 71.9 Å². The van der Waals surface area contributed by atoms with Gasteiger partial charge in [0.05, 0.1) is 0 Å². The fourth-order valence-electron chi connectivity index (χ4n) is 6.34. The van der Waals surface area contributed by atoms with Gasteiger partial charge in [0.15, 0.2) is 0 Å². The van der Waals surface area contributed by atoms with E-state index in [0.717, 1.165) is 0 Å². The number of ether oxygens (including phenoxy) is 2. The maximum Gasteiger partial charge on any atom is 0.508 e. The van der Waals surface area contributed by atoms with Crippen LogP contribution in [0.5, 0.6) is 0 Å². The van der Waals surface area contributed by atoms with Gasteiger partial charge >= 0.3 is 6.16 Å². The zero-order valence-corrected chi connectivity index (χ0v) is 27.6. The lowest BCUT2D eigenvalue weighted by Crippen LogP contribution is -2.35. The van der Waals surface area contributed by atoms with Gasteiger partial charge in [-0.15, -0.1) is 0 Å². The second-order valence-corrected chi connectivity index (χ2v) is 18.3. The Labute approximate surface area is 273 Å². The minimum absolute atomic E-state index is 0.252. The van der Waals surface area contributed by atoms with E-state index in [2.05, 4.69) is 146 Å². The molecule has 0 saturated heterocycles. The third-order valence-electron chi connectivity index (χ3n) is 8.48. The van der Waals surface area contributed by atoms with Crippen molar-refractivity contribution in [3.63, 3.8) is 0 Å². The minimum Gasteiger partial charge on any atom is -0.430 e. The summed E-state index contributed by atoms with van der Waals surface area (Å²) in [6.07, 6.45) is 0.726. The third-order valence-corrected chi connectivity index (χ3v) is 17.3. The lowest BCUT2D eigenvalue weighted by Gasteiger charge is -2.28. The molecular formula is C41H38O3P2+2. The number of carbonyl (C=O) groups is 1. The van der Waals surface area contributed by atoms with Crippen LogP contribution in [-0.4, -0.2) is 31.7 Å². The molecule has 6 aromatic carbocycles. The Morgan fingerprint density at radius 3 is 0.739 bits per heavy atom. The van der Waals surface area contributed by atoms with Gasteiger partial charge in [-0.3, -0.25) is 0 Å². The van der Waals surface area contributed by atoms with Gasteiger partial charge in [-0.05, 0) is 72.8 Å². The van der Waals surface area contributed by atoms with Crippen molar-refractivity contribution in [2.24, 2.45) is 0 Å². The molecule has 0 aliphatic carbocycles. The van der Waals surface area contributed by atoms with Gasteiger partial charge in [-0.1, -0.05) is 109 Å². The number of hydrogen-bond acceptors (Lipinski definition) is 3. The third kappa shape index (κ3) is 6.68. The maximum absolute atomic E-state index is 13.2. The Kier molecular flexibility index (Phi) is 10.4. The van der Waals surface area contributed by atoms with E-state index in [1.807, 2.05) is 36.4 Å². The molecule has 0 aliphatic rings. The van der Waals surface area contributed by atoms with Crippen molar-refractivity contribution < 1.29 is 14.3 Å². The molecule has 0 bridgehead atoms. The largest absolute Gasteiger partial charge is 0.508 e. The quantitative estimate of drug-likeness (QED) is 0.106. The monoisotopic (exact) mass is 640 g/mol. The fourth-order valence-corrected chi connectivity index (χ4v) is 14.5. The number of carbonyl (C=O) groups excluding carboxylic acids is 1. The summed E-state index contributed by atoms with van der Waals surface area (Å²) in [6.45, 7) is 0.503. The normalized spacial score (nSPS) is 11.5. The van der Waals surface area contributed by atoms with Crippen molar-refractivity contribution in [1.29, 1.82) is 0 Å². The van der Waals surface area contributed by atoms with Gasteiger partial charge in [-0.25, -0.2) is 4.79 Å². The van der Waals surface area contributed by atoms with Crippen molar-refractivity contribution in [3.8, 4) is 0 Å². The SMILES string of the molecule is O=C(OCC[P+](c1ccccc1)(c1ccccc1)c1ccccc1)OCC[P+](c1ccccc1)(c1ccccc1)c1ccccc1. The van der Waals surface area contributed by atoms with Crippen LogP contribution < -0.4 is 31.8 Å². The average Bonchev–Trinajstić information content (AvgIpc) is 3.14. The van der Waals surface area contributed by atoms with Crippen molar-refractivity contribution in [2.75, 3.05) is 25.5 Å². The second kappa shape index (κ2) is 15.2. The molecule has 0 amide bonds.